The third-order valence-electron chi connectivity index (χ3n) is 4.14. The molecule has 0 radical (unpaired) electrons. The number of furan rings is 2. The quantitative estimate of drug-likeness (QED) is 0.646. The first-order valence-electron chi connectivity index (χ1n) is 8.48. The Morgan fingerprint density at radius 2 is 2.08 bits per heavy atom. The second-order valence-corrected chi connectivity index (χ2v) is 5.90. The molecule has 0 saturated heterocycles. The van der Waals surface area contributed by atoms with E-state index in [9.17, 15) is 9.59 Å². The summed E-state index contributed by atoms with van der Waals surface area (Å²) in [5.74, 6) is 0.793. The van der Waals surface area contributed by atoms with Crippen LogP contribution in [0.3, 0.4) is 0 Å². The van der Waals surface area contributed by atoms with Gasteiger partial charge in [0.2, 0.25) is 0 Å². The van der Waals surface area contributed by atoms with Crippen molar-refractivity contribution in [3.8, 4) is 0 Å². The highest BCUT2D eigenvalue weighted by Crippen LogP contribution is 2.27. The van der Waals surface area contributed by atoms with E-state index in [0.717, 1.165) is 5.76 Å². The van der Waals surface area contributed by atoms with Crippen molar-refractivity contribution in [3.05, 3.63) is 59.6 Å². The fraction of sp³-hybridized carbons (Fsp3) is 0.333. The summed E-state index contributed by atoms with van der Waals surface area (Å²) in [5, 5.41) is 7.41. The summed E-state index contributed by atoms with van der Waals surface area (Å²) in [6, 6.07) is 6.05. The molecule has 2 atom stereocenters. The zero-order valence-electron chi connectivity index (χ0n) is 14.7. The Morgan fingerprint density at radius 3 is 2.73 bits per heavy atom. The van der Waals surface area contributed by atoms with Gasteiger partial charge in [-0.05, 0) is 38.1 Å². The van der Waals surface area contributed by atoms with Crippen LogP contribution in [0, 0.1) is 0 Å². The van der Waals surface area contributed by atoms with E-state index < -0.39 is 18.0 Å². The van der Waals surface area contributed by atoms with Crippen LogP contribution < -0.4 is 16.0 Å². The molecule has 0 aromatic carbocycles. The van der Waals surface area contributed by atoms with Crippen molar-refractivity contribution in [2.45, 2.75) is 25.9 Å². The van der Waals surface area contributed by atoms with Gasteiger partial charge in [-0.1, -0.05) is 0 Å². The van der Waals surface area contributed by atoms with Gasteiger partial charge in [-0.2, -0.15) is 0 Å². The Bertz CT molecular complexity index is 780. The Kier molecular flexibility index (Phi) is 5.43. The van der Waals surface area contributed by atoms with Gasteiger partial charge in [-0.3, -0.25) is 0 Å². The van der Waals surface area contributed by atoms with E-state index in [0.29, 0.717) is 23.6 Å². The third-order valence-corrected chi connectivity index (χ3v) is 4.14. The molecule has 8 heteroatoms. The van der Waals surface area contributed by atoms with Crippen molar-refractivity contribution < 1.29 is 28.5 Å². The molecule has 0 bridgehead atoms. The molecule has 3 heterocycles. The van der Waals surface area contributed by atoms with Gasteiger partial charge < -0.3 is 29.5 Å². The molecule has 1 aliphatic rings. The number of urea groups is 1. The van der Waals surface area contributed by atoms with E-state index in [4.69, 9.17) is 13.6 Å². The van der Waals surface area contributed by atoms with Gasteiger partial charge in [0.05, 0.1) is 30.4 Å². The molecule has 2 aromatic rings. The topological polar surface area (TPSA) is 110 Å². The molecule has 0 fully saturated rings. The number of rotatable bonds is 7. The molecule has 3 rings (SSSR count). The van der Waals surface area contributed by atoms with Crippen molar-refractivity contribution in [1.82, 2.24) is 10.6 Å². The monoisotopic (exact) mass is 360 g/mol. The number of ether oxygens (including phenoxy) is 1. The number of esters is 1. The minimum atomic E-state index is -0.694. The van der Waals surface area contributed by atoms with Gasteiger partial charge in [0.15, 0.2) is 5.76 Å². The van der Waals surface area contributed by atoms with Crippen molar-refractivity contribution in [2.24, 2.45) is 0 Å². The van der Waals surface area contributed by atoms with Gasteiger partial charge in [-0.25, -0.2) is 9.59 Å². The molecule has 0 unspecified atom stereocenters. The van der Waals surface area contributed by atoms with Crippen molar-refractivity contribution in [2.75, 3.05) is 13.2 Å². The van der Waals surface area contributed by atoms with Gasteiger partial charge in [0, 0.05) is 0 Å². The fourth-order valence-corrected chi connectivity index (χ4v) is 2.86. The maximum absolute atomic E-state index is 12.5. The normalized spacial score (nSPS) is 18.2. The van der Waals surface area contributed by atoms with Crippen LogP contribution >= 0.6 is 0 Å². The summed E-state index contributed by atoms with van der Waals surface area (Å²) in [6.45, 7) is 4.33. The first-order valence-corrected chi connectivity index (χ1v) is 8.48. The third kappa shape index (κ3) is 3.80. The molecule has 2 amide bonds. The number of hydrogen-bond donors (Lipinski definition) is 3. The Balaban J connectivity index is 1.88. The number of amides is 2. The van der Waals surface area contributed by atoms with Gasteiger partial charge in [0.1, 0.15) is 24.4 Å². The van der Waals surface area contributed by atoms with E-state index >= 15 is 0 Å². The minimum Gasteiger partial charge on any atom is -0.467 e. The second kappa shape index (κ2) is 7.92. The largest absolute Gasteiger partial charge is 0.467 e. The molecule has 0 aliphatic carbocycles. The number of nitrogens with two attached hydrogens (primary N) is 1. The number of hydrogen-bond acceptors (Lipinski definition) is 5. The lowest BCUT2D eigenvalue weighted by atomic mass is 10.00. The van der Waals surface area contributed by atoms with Crippen LogP contribution in [0.25, 0.3) is 0 Å². The van der Waals surface area contributed by atoms with E-state index in [-0.39, 0.29) is 12.6 Å². The van der Waals surface area contributed by atoms with Crippen molar-refractivity contribution in [3.63, 3.8) is 0 Å². The van der Waals surface area contributed by atoms with Gasteiger partial charge in [0.25, 0.3) is 0 Å². The summed E-state index contributed by atoms with van der Waals surface area (Å²) in [6.07, 6.45) is 3.11. The summed E-state index contributed by atoms with van der Waals surface area (Å²) < 4.78 is 16.0. The summed E-state index contributed by atoms with van der Waals surface area (Å²) >= 11 is 0. The zero-order valence-corrected chi connectivity index (χ0v) is 14.7. The smallest absolute Gasteiger partial charge is 0.338 e. The molecule has 8 nitrogen and oxygen atoms in total. The van der Waals surface area contributed by atoms with E-state index in [2.05, 4.69) is 10.6 Å². The standard InChI is InChI=1S/C18H21N3O5/c1-3-24-17(22)15-12(10-19-11(2)13-6-4-8-25-13)20-18(23)21-16(15)14-7-5-9-26-14/h4-9,11,16,19H,3,10H2,1-2H3,(H2,20,21,23)/p+1/t11-,16-/m1/s1. The average molecular weight is 360 g/mol. The van der Waals surface area contributed by atoms with Crippen molar-refractivity contribution >= 4 is 12.0 Å². The maximum atomic E-state index is 12.5. The van der Waals surface area contributed by atoms with Gasteiger partial charge >= 0.3 is 12.0 Å². The van der Waals surface area contributed by atoms with E-state index in [1.54, 1.807) is 25.3 Å². The van der Waals surface area contributed by atoms with Crippen LogP contribution in [-0.4, -0.2) is 25.2 Å². The lowest BCUT2D eigenvalue weighted by Gasteiger charge is -2.27. The Labute approximate surface area is 150 Å². The highest BCUT2D eigenvalue weighted by Gasteiger charge is 2.36. The molecule has 1 aliphatic heterocycles. The van der Waals surface area contributed by atoms with Crippen LogP contribution in [0.1, 0.15) is 37.5 Å². The summed E-state index contributed by atoms with van der Waals surface area (Å²) in [7, 11) is 0. The van der Waals surface area contributed by atoms with Crippen LogP contribution in [0.15, 0.2) is 56.9 Å². The molecule has 26 heavy (non-hydrogen) atoms. The summed E-state index contributed by atoms with van der Waals surface area (Å²) in [4.78, 5) is 24.6. The number of carbonyl (C=O) groups excluding carboxylic acids is 2. The second-order valence-electron chi connectivity index (χ2n) is 5.90. The first-order chi connectivity index (χ1) is 12.6. The van der Waals surface area contributed by atoms with E-state index in [1.807, 2.05) is 24.4 Å². The van der Waals surface area contributed by atoms with Crippen LogP contribution in [0.2, 0.25) is 0 Å². The predicted molar refractivity (Wildman–Crippen MR) is 90.7 cm³/mol. The van der Waals surface area contributed by atoms with Crippen molar-refractivity contribution in [1.29, 1.82) is 0 Å². The average Bonchev–Trinajstić information content (AvgIpc) is 3.32. The predicted octanol–water partition coefficient (Wildman–Crippen LogP) is 1.37. The molecule has 4 N–H and O–H groups in total. The first kappa shape index (κ1) is 17.8. The fourth-order valence-electron chi connectivity index (χ4n) is 2.86. The zero-order chi connectivity index (χ0) is 18.5. The Hall–Kier alpha value is -3.00. The highest BCUT2D eigenvalue weighted by molar-refractivity contribution is 5.95. The molecule has 138 valence electrons. The molecular formula is C18H22N3O5+. The SMILES string of the molecule is CCOC(=O)C1=C(C[NH2+][C@H](C)c2ccco2)NC(=O)N[C@@H]1c1ccco1. The molecule has 0 saturated carbocycles. The lowest BCUT2D eigenvalue weighted by molar-refractivity contribution is -0.688. The number of quaternary nitrogens is 1. The Morgan fingerprint density at radius 1 is 1.31 bits per heavy atom. The maximum Gasteiger partial charge on any atom is 0.338 e. The van der Waals surface area contributed by atoms with Gasteiger partial charge in [-0.15, -0.1) is 0 Å². The highest BCUT2D eigenvalue weighted by atomic mass is 16.5. The number of nitrogens with one attached hydrogen (secondary N) is 2. The van der Waals surface area contributed by atoms with E-state index in [1.165, 1.54) is 6.26 Å². The van der Waals surface area contributed by atoms with Crippen LogP contribution in [0.5, 0.6) is 0 Å². The summed E-state index contributed by atoms with van der Waals surface area (Å²) in [5.41, 5.74) is 0.830. The lowest BCUT2D eigenvalue weighted by Crippen LogP contribution is -2.86. The molecule has 0 spiro atoms. The minimum absolute atomic E-state index is 0.0230. The van der Waals surface area contributed by atoms with Crippen LogP contribution in [0.4, 0.5) is 4.79 Å². The van der Waals surface area contributed by atoms with Crippen LogP contribution in [-0.2, 0) is 9.53 Å². The molecule has 2 aromatic heterocycles. The molecular weight excluding hydrogens is 338 g/mol. The number of carbonyl (C=O) groups is 2.